The number of hydrogen-bond acceptors (Lipinski definition) is 4. The molecule has 0 saturated heterocycles. The van der Waals surface area contributed by atoms with Crippen LogP contribution >= 0.6 is 0 Å². The van der Waals surface area contributed by atoms with E-state index in [4.69, 9.17) is 0 Å². The summed E-state index contributed by atoms with van der Waals surface area (Å²) in [7, 11) is 1.89. The molecule has 0 aromatic carbocycles. The molecule has 0 bridgehead atoms. The minimum atomic E-state index is 0.719. The minimum absolute atomic E-state index is 0.719. The summed E-state index contributed by atoms with van der Waals surface area (Å²) in [6, 6.07) is 0. The topological polar surface area (TPSA) is 55.6 Å². The van der Waals surface area contributed by atoms with E-state index < -0.39 is 0 Å². The maximum Gasteiger partial charge on any atom is 0.156 e. The molecular weight excluding hydrogens is 202 g/mol. The lowest BCUT2D eigenvalue weighted by molar-refractivity contribution is 0.768. The molecule has 0 radical (unpaired) electrons. The summed E-state index contributed by atoms with van der Waals surface area (Å²) in [5, 5.41) is 3.06. The lowest BCUT2D eigenvalue weighted by atomic mass is 10.4. The standard InChI is InChI=1S/C11H15N5/c1-3-10-14-4-5-16(10)11-8-13-7-9(15-11)6-12-2/h4-5,7-8,12H,3,6H2,1-2H3. The average molecular weight is 217 g/mol. The maximum atomic E-state index is 4.51. The number of rotatable bonds is 4. The summed E-state index contributed by atoms with van der Waals surface area (Å²) >= 11 is 0. The molecule has 2 aromatic rings. The second-order valence-electron chi connectivity index (χ2n) is 3.47. The van der Waals surface area contributed by atoms with Crippen molar-refractivity contribution in [3.63, 3.8) is 0 Å². The molecule has 0 aliphatic carbocycles. The Labute approximate surface area is 94.6 Å². The molecule has 1 N–H and O–H groups in total. The average Bonchev–Trinajstić information content (AvgIpc) is 2.78. The van der Waals surface area contributed by atoms with Gasteiger partial charge in [0.15, 0.2) is 5.82 Å². The summed E-state index contributed by atoms with van der Waals surface area (Å²) in [6.45, 7) is 2.79. The van der Waals surface area contributed by atoms with Gasteiger partial charge in [-0.15, -0.1) is 0 Å². The zero-order valence-electron chi connectivity index (χ0n) is 9.51. The quantitative estimate of drug-likeness (QED) is 0.828. The monoisotopic (exact) mass is 217 g/mol. The van der Waals surface area contributed by atoms with Gasteiger partial charge in [-0.1, -0.05) is 6.92 Å². The molecule has 0 saturated carbocycles. The molecule has 0 spiro atoms. The van der Waals surface area contributed by atoms with Crippen molar-refractivity contribution >= 4 is 0 Å². The lowest BCUT2D eigenvalue weighted by Gasteiger charge is -2.06. The van der Waals surface area contributed by atoms with E-state index >= 15 is 0 Å². The predicted molar refractivity (Wildman–Crippen MR) is 61.3 cm³/mol. The van der Waals surface area contributed by atoms with Crippen LogP contribution in [-0.2, 0) is 13.0 Å². The van der Waals surface area contributed by atoms with Gasteiger partial charge >= 0.3 is 0 Å². The van der Waals surface area contributed by atoms with E-state index in [1.165, 1.54) is 0 Å². The fraction of sp³-hybridized carbons (Fsp3) is 0.364. The zero-order valence-corrected chi connectivity index (χ0v) is 9.51. The SMILES string of the molecule is CCc1nccn1-c1cncc(CNC)n1. The van der Waals surface area contributed by atoms with Gasteiger partial charge in [0.25, 0.3) is 0 Å². The Morgan fingerprint density at radius 1 is 1.38 bits per heavy atom. The molecule has 2 heterocycles. The molecule has 2 aromatic heterocycles. The van der Waals surface area contributed by atoms with E-state index in [2.05, 4.69) is 27.2 Å². The van der Waals surface area contributed by atoms with E-state index in [1.807, 2.05) is 17.8 Å². The van der Waals surface area contributed by atoms with Crippen LogP contribution in [0.1, 0.15) is 18.4 Å². The number of aromatic nitrogens is 4. The maximum absolute atomic E-state index is 4.51. The Balaban J connectivity index is 2.36. The van der Waals surface area contributed by atoms with E-state index in [9.17, 15) is 0 Å². The Morgan fingerprint density at radius 2 is 2.25 bits per heavy atom. The Hall–Kier alpha value is -1.75. The van der Waals surface area contributed by atoms with E-state index in [-0.39, 0.29) is 0 Å². The number of hydrogen-bond donors (Lipinski definition) is 1. The number of nitrogens with one attached hydrogen (secondary N) is 1. The van der Waals surface area contributed by atoms with Gasteiger partial charge in [-0.25, -0.2) is 9.97 Å². The molecule has 2 rings (SSSR count). The summed E-state index contributed by atoms with van der Waals surface area (Å²) in [5.41, 5.74) is 0.927. The first kappa shape index (κ1) is 10.8. The third kappa shape index (κ3) is 2.09. The smallest absolute Gasteiger partial charge is 0.156 e. The van der Waals surface area contributed by atoms with E-state index in [0.29, 0.717) is 0 Å². The molecule has 0 unspecified atom stereocenters. The van der Waals surface area contributed by atoms with Gasteiger partial charge < -0.3 is 5.32 Å². The van der Waals surface area contributed by atoms with Gasteiger partial charge in [0, 0.05) is 31.6 Å². The van der Waals surface area contributed by atoms with E-state index in [1.54, 1.807) is 18.6 Å². The molecule has 0 amide bonds. The molecule has 0 fully saturated rings. The van der Waals surface area contributed by atoms with Crippen molar-refractivity contribution in [3.05, 3.63) is 36.3 Å². The van der Waals surface area contributed by atoms with Crippen LogP contribution in [0, 0.1) is 0 Å². The molecule has 0 atom stereocenters. The fourth-order valence-electron chi connectivity index (χ4n) is 1.58. The number of imidazole rings is 1. The molecular formula is C11H15N5. The Kier molecular flexibility index (Phi) is 3.26. The van der Waals surface area contributed by atoms with Crippen molar-refractivity contribution in [2.75, 3.05) is 7.05 Å². The number of nitrogens with zero attached hydrogens (tertiary/aromatic N) is 4. The minimum Gasteiger partial charge on any atom is -0.314 e. The molecule has 0 aliphatic rings. The van der Waals surface area contributed by atoms with Gasteiger partial charge in [-0.2, -0.15) is 0 Å². The largest absolute Gasteiger partial charge is 0.314 e. The van der Waals surface area contributed by atoms with Crippen molar-refractivity contribution in [1.29, 1.82) is 0 Å². The molecule has 84 valence electrons. The van der Waals surface area contributed by atoms with Crippen molar-refractivity contribution in [2.45, 2.75) is 19.9 Å². The first-order chi connectivity index (χ1) is 7.85. The number of aryl methyl sites for hydroxylation is 1. The first-order valence-electron chi connectivity index (χ1n) is 5.33. The normalized spacial score (nSPS) is 10.6. The summed E-state index contributed by atoms with van der Waals surface area (Å²) in [6.07, 6.45) is 8.09. The summed E-state index contributed by atoms with van der Waals surface area (Å²) in [5.74, 6) is 1.82. The summed E-state index contributed by atoms with van der Waals surface area (Å²) < 4.78 is 1.96. The van der Waals surface area contributed by atoms with Crippen LogP contribution in [0.4, 0.5) is 0 Å². The highest BCUT2D eigenvalue weighted by atomic mass is 15.1. The van der Waals surface area contributed by atoms with Crippen molar-refractivity contribution in [1.82, 2.24) is 24.8 Å². The second kappa shape index (κ2) is 4.85. The van der Waals surface area contributed by atoms with Gasteiger partial charge in [0.2, 0.25) is 0 Å². The first-order valence-corrected chi connectivity index (χ1v) is 5.33. The highest BCUT2D eigenvalue weighted by molar-refractivity contribution is 5.22. The Morgan fingerprint density at radius 3 is 3.00 bits per heavy atom. The predicted octanol–water partition coefficient (Wildman–Crippen LogP) is 0.944. The molecule has 5 heteroatoms. The fourth-order valence-corrected chi connectivity index (χ4v) is 1.58. The lowest BCUT2D eigenvalue weighted by Crippen LogP contribution is -2.10. The third-order valence-electron chi connectivity index (χ3n) is 2.31. The van der Waals surface area contributed by atoms with Crippen LogP contribution in [0.3, 0.4) is 0 Å². The second-order valence-corrected chi connectivity index (χ2v) is 3.47. The van der Waals surface area contributed by atoms with Crippen LogP contribution in [0.2, 0.25) is 0 Å². The highest BCUT2D eigenvalue weighted by Crippen LogP contribution is 2.07. The van der Waals surface area contributed by atoms with Crippen LogP contribution in [-0.4, -0.2) is 26.6 Å². The summed E-state index contributed by atoms with van der Waals surface area (Å²) in [4.78, 5) is 13.0. The van der Waals surface area contributed by atoms with E-state index in [0.717, 1.165) is 30.3 Å². The molecule has 5 nitrogen and oxygen atoms in total. The van der Waals surface area contributed by atoms with Gasteiger partial charge in [0.1, 0.15) is 5.82 Å². The van der Waals surface area contributed by atoms with Gasteiger partial charge in [-0.3, -0.25) is 9.55 Å². The highest BCUT2D eigenvalue weighted by Gasteiger charge is 2.05. The molecule has 0 aliphatic heterocycles. The third-order valence-corrected chi connectivity index (χ3v) is 2.31. The van der Waals surface area contributed by atoms with Crippen LogP contribution < -0.4 is 5.32 Å². The van der Waals surface area contributed by atoms with Crippen molar-refractivity contribution < 1.29 is 0 Å². The molecule has 16 heavy (non-hydrogen) atoms. The Bertz CT molecular complexity index is 463. The van der Waals surface area contributed by atoms with Crippen LogP contribution in [0.5, 0.6) is 0 Å². The van der Waals surface area contributed by atoms with Crippen LogP contribution in [0.25, 0.3) is 5.82 Å². The van der Waals surface area contributed by atoms with Crippen LogP contribution in [0.15, 0.2) is 24.8 Å². The van der Waals surface area contributed by atoms with Gasteiger partial charge in [0.05, 0.1) is 11.9 Å². The van der Waals surface area contributed by atoms with Crippen molar-refractivity contribution in [3.8, 4) is 5.82 Å². The zero-order chi connectivity index (χ0) is 11.4. The van der Waals surface area contributed by atoms with Gasteiger partial charge in [-0.05, 0) is 7.05 Å². The van der Waals surface area contributed by atoms with Crippen molar-refractivity contribution in [2.24, 2.45) is 0 Å².